The maximum atomic E-state index is 6.32. The van der Waals surface area contributed by atoms with E-state index in [-0.39, 0.29) is 0 Å². The summed E-state index contributed by atoms with van der Waals surface area (Å²) >= 11 is 0. The molecule has 1 aliphatic heterocycles. The quantitative estimate of drug-likeness (QED) is 0.835. The normalized spacial score (nSPS) is 21.8. The summed E-state index contributed by atoms with van der Waals surface area (Å²) in [5, 5.41) is 14.2. The Hall–Kier alpha value is -1.79. The molecule has 136 valence electrons. The second-order valence-electron chi connectivity index (χ2n) is 7.31. The minimum absolute atomic E-state index is 0.328. The van der Waals surface area contributed by atoms with Crippen LogP contribution in [-0.2, 0) is 11.3 Å². The summed E-state index contributed by atoms with van der Waals surface area (Å²) in [7, 11) is 0. The zero-order valence-electron chi connectivity index (χ0n) is 15.5. The van der Waals surface area contributed by atoms with Crippen molar-refractivity contribution >= 4 is 0 Å². The molecule has 1 fully saturated rings. The van der Waals surface area contributed by atoms with Crippen LogP contribution < -0.4 is 0 Å². The Morgan fingerprint density at radius 2 is 2.04 bits per heavy atom. The van der Waals surface area contributed by atoms with Gasteiger partial charge in [-0.15, -0.1) is 10.2 Å². The number of hydrogen-bond donors (Lipinski definition) is 1. The van der Waals surface area contributed by atoms with Crippen LogP contribution in [0.5, 0.6) is 0 Å². The molecule has 3 rings (SSSR count). The summed E-state index contributed by atoms with van der Waals surface area (Å²) in [5.74, 6) is 1.19. The lowest BCUT2D eigenvalue weighted by Crippen LogP contribution is -2.48. The van der Waals surface area contributed by atoms with Crippen molar-refractivity contribution in [2.45, 2.75) is 58.8 Å². The van der Waals surface area contributed by atoms with Gasteiger partial charge in [0.15, 0.2) is 0 Å². The van der Waals surface area contributed by atoms with E-state index in [4.69, 9.17) is 4.74 Å². The van der Waals surface area contributed by atoms with Gasteiger partial charge in [0, 0.05) is 25.2 Å². The second-order valence-corrected chi connectivity index (χ2v) is 7.31. The summed E-state index contributed by atoms with van der Waals surface area (Å²) in [4.78, 5) is 2.54. The number of nitrogens with zero attached hydrogens (tertiary/aromatic N) is 4. The molecule has 0 radical (unpaired) electrons. The van der Waals surface area contributed by atoms with Crippen molar-refractivity contribution in [3.05, 3.63) is 29.8 Å². The molecule has 0 amide bonds. The Morgan fingerprint density at radius 3 is 2.68 bits per heavy atom. The van der Waals surface area contributed by atoms with Crippen LogP contribution >= 0.6 is 0 Å². The van der Waals surface area contributed by atoms with Crippen LogP contribution in [0.2, 0.25) is 0 Å². The van der Waals surface area contributed by atoms with Crippen molar-refractivity contribution in [2.75, 3.05) is 13.1 Å². The predicted octanol–water partition coefficient (Wildman–Crippen LogP) is 3.28. The molecular formula is C19H29N5O. The van der Waals surface area contributed by atoms with Gasteiger partial charge in [-0.2, -0.15) is 5.21 Å². The van der Waals surface area contributed by atoms with Gasteiger partial charge < -0.3 is 4.74 Å². The average Bonchev–Trinajstić information content (AvgIpc) is 3.15. The van der Waals surface area contributed by atoms with Crippen molar-refractivity contribution in [3.63, 3.8) is 0 Å². The number of tetrazole rings is 1. The van der Waals surface area contributed by atoms with Gasteiger partial charge >= 0.3 is 0 Å². The van der Waals surface area contributed by atoms with Gasteiger partial charge in [-0.25, -0.2) is 0 Å². The van der Waals surface area contributed by atoms with E-state index in [0.717, 1.165) is 31.6 Å². The van der Waals surface area contributed by atoms with E-state index in [0.29, 0.717) is 24.0 Å². The van der Waals surface area contributed by atoms with Gasteiger partial charge in [0.25, 0.3) is 0 Å². The van der Waals surface area contributed by atoms with E-state index in [2.05, 4.69) is 70.6 Å². The van der Waals surface area contributed by atoms with E-state index in [1.807, 2.05) is 0 Å². The molecule has 6 nitrogen and oxygen atoms in total. The van der Waals surface area contributed by atoms with Gasteiger partial charge in [-0.05, 0) is 23.1 Å². The Bertz CT molecular complexity index is 626. The summed E-state index contributed by atoms with van der Waals surface area (Å²) in [5.41, 5.74) is 2.30. The molecule has 0 unspecified atom stereocenters. The minimum Gasteiger partial charge on any atom is -0.372 e. The number of aromatic nitrogens is 4. The van der Waals surface area contributed by atoms with Crippen LogP contribution in [0.25, 0.3) is 11.4 Å². The molecule has 1 aromatic heterocycles. The fraction of sp³-hybridized carbons (Fsp3) is 0.632. The Labute approximate surface area is 150 Å². The lowest BCUT2D eigenvalue weighted by Gasteiger charge is -2.40. The third-order valence-corrected chi connectivity index (χ3v) is 4.85. The first-order valence-corrected chi connectivity index (χ1v) is 9.36. The molecular weight excluding hydrogens is 314 g/mol. The van der Waals surface area contributed by atoms with Crippen LogP contribution in [0.15, 0.2) is 24.3 Å². The molecule has 0 spiro atoms. The predicted molar refractivity (Wildman–Crippen MR) is 97.9 cm³/mol. The average molecular weight is 343 g/mol. The number of benzene rings is 1. The topological polar surface area (TPSA) is 66.9 Å². The molecule has 0 saturated carbocycles. The Morgan fingerprint density at radius 1 is 1.24 bits per heavy atom. The van der Waals surface area contributed by atoms with E-state index in [1.165, 1.54) is 18.4 Å². The van der Waals surface area contributed by atoms with Crippen molar-refractivity contribution in [1.82, 2.24) is 25.5 Å². The smallest absolute Gasteiger partial charge is 0.204 e. The first-order chi connectivity index (χ1) is 12.2. The lowest BCUT2D eigenvalue weighted by atomic mass is 10.0. The highest BCUT2D eigenvalue weighted by Crippen LogP contribution is 2.23. The van der Waals surface area contributed by atoms with Crippen LogP contribution in [0.4, 0.5) is 0 Å². The molecule has 1 saturated heterocycles. The van der Waals surface area contributed by atoms with Gasteiger partial charge in [0.05, 0.1) is 12.2 Å². The van der Waals surface area contributed by atoms with Crippen LogP contribution in [-0.4, -0.2) is 50.8 Å². The second kappa shape index (κ2) is 8.54. The molecule has 25 heavy (non-hydrogen) atoms. The van der Waals surface area contributed by atoms with Crippen LogP contribution in [0, 0.1) is 5.92 Å². The Kier molecular flexibility index (Phi) is 6.15. The van der Waals surface area contributed by atoms with Crippen molar-refractivity contribution in [2.24, 2.45) is 5.92 Å². The first kappa shape index (κ1) is 18.0. The highest BCUT2D eigenvalue weighted by molar-refractivity contribution is 5.54. The lowest BCUT2D eigenvalue weighted by molar-refractivity contribution is -0.108. The molecule has 2 heterocycles. The number of rotatable bonds is 7. The van der Waals surface area contributed by atoms with Gasteiger partial charge in [-0.1, -0.05) is 57.9 Å². The maximum absolute atomic E-state index is 6.32. The Balaban J connectivity index is 1.63. The number of ether oxygens (including phenoxy) is 1. The summed E-state index contributed by atoms with van der Waals surface area (Å²) < 4.78 is 6.32. The minimum atomic E-state index is 0.328. The molecule has 6 heteroatoms. The van der Waals surface area contributed by atoms with Crippen molar-refractivity contribution in [1.29, 1.82) is 0 Å². The first-order valence-electron chi connectivity index (χ1n) is 9.36. The number of morpholine rings is 1. The highest BCUT2D eigenvalue weighted by Gasteiger charge is 2.29. The van der Waals surface area contributed by atoms with Crippen molar-refractivity contribution in [3.8, 4) is 11.4 Å². The number of nitrogens with one attached hydrogen (secondary N) is 1. The molecule has 1 aliphatic rings. The molecule has 2 atom stereocenters. The summed E-state index contributed by atoms with van der Waals surface area (Å²) in [6.45, 7) is 9.74. The number of unbranched alkanes of at least 4 members (excludes halogenated alkanes) is 1. The molecule has 0 bridgehead atoms. The number of H-pyrrole nitrogens is 1. The fourth-order valence-electron chi connectivity index (χ4n) is 3.34. The third-order valence-electron chi connectivity index (χ3n) is 4.85. The molecule has 2 aromatic rings. The fourth-order valence-corrected chi connectivity index (χ4v) is 3.34. The molecule has 1 aromatic carbocycles. The maximum Gasteiger partial charge on any atom is 0.204 e. The van der Waals surface area contributed by atoms with Gasteiger partial charge in [0.1, 0.15) is 0 Å². The van der Waals surface area contributed by atoms with E-state index >= 15 is 0 Å². The standard InChI is InChI=1S/C19H29N5O/c1-4-5-6-17-12-24(13-18(25-17)14(2)3)11-15-7-9-16(10-8-15)19-20-22-23-21-19/h7-10,14,17-18H,4-6,11-13H2,1-3H3,(H,20,21,22,23)/t17-,18-/m1/s1. The SMILES string of the molecule is CCCC[C@@H]1CN(Cc2ccc(-c3nn[nH]n3)cc2)C[C@H](C(C)C)O1. The van der Waals surface area contributed by atoms with E-state index < -0.39 is 0 Å². The molecule has 0 aliphatic carbocycles. The van der Waals surface area contributed by atoms with Crippen LogP contribution in [0.3, 0.4) is 0 Å². The summed E-state index contributed by atoms with van der Waals surface area (Å²) in [6.07, 6.45) is 4.31. The summed E-state index contributed by atoms with van der Waals surface area (Å²) in [6, 6.07) is 8.45. The van der Waals surface area contributed by atoms with Gasteiger partial charge in [0.2, 0.25) is 5.82 Å². The highest BCUT2D eigenvalue weighted by atomic mass is 16.5. The van der Waals surface area contributed by atoms with E-state index in [1.54, 1.807) is 0 Å². The van der Waals surface area contributed by atoms with Crippen LogP contribution in [0.1, 0.15) is 45.6 Å². The number of hydrogen-bond acceptors (Lipinski definition) is 5. The van der Waals surface area contributed by atoms with E-state index in [9.17, 15) is 0 Å². The zero-order valence-corrected chi connectivity index (χ0v) is 15.5. The van der Waals surface area contributed by atoms with Crippen molar-refractivity contribution < 1.29 is 4.74 Å². The number of aromatic amines is 1. The third kappa shape index (κ3) is 4.86. The zero-order chi connectivity index (χ0) is 17.6. The largest absolute Gasteiger partial charge is 0.372 e. The molecule has 1 N–H and O–H groups in total. The van der Waals surface area contributed by atoms with Gasteiger partial charge in [-0.3, -0.25) is 4.90 Å². The monoisotopic (exact) mass is 343 g/mol.